The molecule has 2 unspecified atom stereocenters. The van der Waals surface area contributed by atoms with E-state index in [2.05, 4.69) is 15.8 Å². The Labute approximate surface area is 91.6 Å². The molecule has 4 N–H and O–H groups in total. The van der Waals surface area contributed by atoms with Gasteiger partial charge in [-0.15, -0.1) is 0 Å². The van der Waals surface area contributed by atoms with E-state index in [1.54, 1.807) is 18.0 Å². The van der Waals surface area contributed by atoms with Gasteiger partial charge < -0.3 is 5.73 Å². The predicted molar refractivity (Wildman–Crippen MR) is 58.0 cm³/mol. The first-order chi connectivity index (χ1) is 6.77. The molecule has 1 aliphatic rings. The Morgan fingerprint density at radius 3 is 3.14 bits per heavy atom. The fourth-order valence-corrected chi connectivity index (χ4v) is 2.44. The van der Waals surface area contributed by atoms with Crippen molar-refractivity contribution in [3.05, 3.63) is 23.4 Å². The molecule has 4 nitrogen and oxygen atoms in total. The average molecular weight is 231 g/mol. The van der Waals surface area contributed by atoms with E-state index in [9.17, 15) is 0 Å². The van der Waals surface area contributed by atoms with Crippen LogP contribution in [0.25, 0.3) is 0 Å². The van der Waals surface area contributed by atoms with Crippen molar-refractivity contribution in [2.75, 3.05) is 6.54 Å². The summed E-state index contributed by atoms with van der Waals surface area (Å²) in [5.41, 5.74) is 11.8. The highest BCUT2D eigenvalue weighted by Crippen LogP contribution is 2.29. The average Bonchev–Trinajstić information content (AvgIpc) is 2.56. The number of nitrogens with zero attached hydrogens (tertiary/aromatic N) is 1. The summed E-state index contributed by atoms with van der Waals surface area (Å²) in [4.78, 5) is 4.20. The molecule has 1 fully saturated rings. The minimum Gasteiger partial charge on any atom is -0.314 e. The molecule has 0 amide bonds. The molecule has 1 aromatic rings. The molecular weight excluding hydrogens is 220 g/mol. The maximum Gasteiger partial charge on any atom is 0.115 e. The van der Waals surface area contributed by atoms with Gasteiger partial charge in [0.1, 0.15) is 5.03 Å². The van der Waals surface area contributed by atoms with Crippen LogP contribution >= 0.6 is 23.4 Å². The van der Waals surface area contributed by atoms with Gasteiger partial charge in [0.2, 0.25) is 0 Å². The summed E-state index contributed by atoms with van der Waals surface area (Å²) < 4.78 is 0. The summed E-state index contributed by atoms with van der Waals surface area (Å²) in [6.45, 7) is 0.818. The van der Waals surface area contributed by atoms with Crippen molar-refractivity contribution in [1.82, 2.24) is 15.8 Å². The van der Waals surface area contributed by atoms with E-state index in [1.165, 1.54) is 0 Å². The minimum atomic E-state index is -0.0573. The van der Waals surface area contributed by atoms with Gasteiger partial charge in [-0.3, -0.25) is 5.43 Å². The first-order valence-corrected chi connectivity index (χ1v) is 5.54. The predicted octanol–water partition coefficient (Wildman–Crippen LogP) is 0.588. The second-order valence-electron chi connectivity index (χ2n) is 3.00. The maximum atomic E-state index is 5.99. The third-order valence-corrected chi connectivity index (χ3v) is 3.69. The monoisotopic (exact) mass is 230 g/mol. The Kier molecular flexibility index (Phi) is 3.25. The third kappa shape index (κ3) is 2.18. The highest BCUT2D eigenvalue weighted by Gasteiger charge is 2.25. The molecule has 2 atom stereocenters. The van der Waals surface area contributed by atoms with Gasteiger partial charge in [-0.1, -0.05) is 23.4 Å². The smallest absolute Gasteiger partial charge is 0.115 e. The molecule has 1 aromatic heterocycles. The van der Waals surface area contributed by atoms with Crippen LogP contribution < -0.4 is 16.6 Å². The minimum absolute atomic E-state index is 0.0573. The zero-order chi connectivity index (χ0) is 9.97. The Morgan fingerprint density at radius 1 is 1.64 bits per heavy atom. The lowest BCUT2D eigenvalue weighted by Gasteiger charge is -2.12. The Morgan fingerprint density at radius 2 is 2.50 bits per heavy atom. The molecule has 2 rings (SSSR count). The number of rotatable bonds is 2. The van der Waals surface area contributed by atoms with Crippen LogP contribution in [0.2, 0.25) is 5.02 Å². The van der Waals surface area contributed by atoms with Crippen LogP contribution in [0.4, 0.5) is 0 Å². The molecule has 0 saturated carbocycles. The first-order valence-electron chi connectivity index (χ1n) is 4.28. The molecule has 0 radical (unpaired) electrons. The van der Waals surface area contributed by atoms with Gasteiger partial charge in [-0.25, -0.2) is 10.4 Å². The molecule has 0 aliphatic carbocycles. The largest absolute Gasteiger partial charge is 0.314 e. The lowest BCUT2D eigenvalue weighted by Crippen LogP contribution is -2.40. The molecule has 14 heavy (non-hydrogen) atoms. The second kappa shape index (κ2) is 4.46. The summed E-state index contributed by atoms with van der Waals surface area (Å²) in [7, 11) is 0. The van der Waals surface area contributed by atoms with Crippen LogP contribution in [-0.2, 0) is 0 Å². The molecular formula is C8H11ClN4S. The number of pyridine rings is 1. The zero-order valence-corrected chi connectivity index (χ0v) is 8.98. The van der Waals surface area contributed by atoms with Gasteiger partial charge in [0, 0.05) is 12.7 Å². The molecule has 0 aromatic carbocycles. The second-order valence-corrected chi connectivity index (χ2v) is 4.63. The third-order valence-electron chi connectivity index (χ3n) is 1.96. The van der Waals surface area contributed by atoms with Crippen molar-refractivity contribution in [2.24, 2.45) is 5.73 Å². The van der Waals surface area contributed by atoms with Crippen molar-refractivity contribution in [1.29, 1.82) is 0 Å². The highest BCUT2D eigenvalue weighted by atomic mass is 35.5. The number of hydrazine groups is 1. The molecule has 0 spiro atoms. The van der Waals surface area contributed by atoms with Gasteiger partial charge in [-0.2, -0.15) is 0 Å². The molecule has 0 bridgehead atoms. The van der Waals surface area contributed by atoms with Gasteiger partial charge in [-0.05, 0) is 12.1 Å². The Bertz CT molecular complexity index is 322. The normalized spacial score (nSPS) is 26.7. The zero-order valence-electron chi connectivity index (χ0n) is 7.40. The number of nitrogens with two attached hydrogens (primary N) is 1. The summed E-state index contributed by atoms with van der Waals surface area (Å²) >= 11 is 7.58. The number of hydrogen-bond acceptors (Lipinski definition) is 5. The van der Waals surface area contributed by atoms with Crippen LogP contribution in [0, 0.1) is 0 Å². The molecule has 1 aliphatic heterocycles. The van der Waals surface area contributed by atoms with E-state index in [1.807, 2.05) is 12.1 Å². The highest BCUT2D eigenvalue weighted by molar-refractivity contribution is 8.00. The SMILES string of the molecule is NC1NNCC1Sc1ncccc1Cl. The van der Waals surface area contributed by atoms with E-state index < -0.39 is 0 Å². The lowest BCUT2D eigenvalue weighted by atomic mass is 10.4. The van der Waals surface area contributed by atoms with Crippen molar-refractivity contribution >= 4 is 23.4 Å². The molecule has 76 valence electrons. The Hall–Kier alpha value is -0.330. The van der Waals surface area contributed by atoms with Crippen LogP contribution in [0.15, 0.2) is 23.4 Å². The van der Waals surface area contributed by atoms with Crippen molar-refractivity contribution in [3.63, 3.8) is 0 Å². The van der Waals surface area contributed by atoms with E-state index in [0.29, 0.717) is 5.02 Å². The van der Waals surface area contributed by atoms with Gasteiger partial charge in [0.15, 0.2) is 0 Å². The number of hydrogen-bond donors (Lipinski definition) is 3. The number of thioether (sulfide) groups is 1. The standard InChI is InChI=1S/C8H11ClN4S/c9-5-2-1-3-11-8(5)14-6-4-12-13-7(6)10/h1-3,6-7,12-13H,4,10H2. The number of nitrogens with one attached hydrogen (secondary N) is 2. The van der Waals surface area contributed by atoms with Gasteiger partial charge in [0.05, 0.1) is 16.4 Å². The fourth-order valence-electron chi connectivity index (χ4n) is 1.21. The quantitative estimate of drug-likeness (QED) is 0.694. The van der Waals surface area contributed by atoms with E-state index in [-0.39, 0.29) is 11.4 Å². The van der Waals surface area contributed by atoms with E-state index in [4.69, 9.17) is 17.3 Å². The van der Waals surface area contributed by atoms with Crippen molar-refractivity contribution < 1.29 is 0 Å². The Balaban J connectivity index is 2.07. The molecule has 6 heteroatoms. The van der Waals surface area contributed by atoms with Crippen LogP contribution in [0.3, 0.4) is 0 Å². The van der Waals surface area contributed by atoms with Crippen LogP contribution in [-0.4, -0.2) is 22.9 Å². The topological polar surface area (TPSA) is 63.0 Å². The van der Waals surface area contributed by atoms with E-state index in [0.717, 1.165) is 11.6 Å². The van der Waals surface area contributed by atoms with Crippen molar-refractivity contribution in [3.8, 4) is 0 Å². The van der Waals surface area contributed by atoms with Crippen LogP contribution in [0.5, 0.6) is 0 Å². The lowest BCUT2D eigenvalue weighted by molar-refractivity contribution is 0.576. The number of aromatic nitrogens is 1. The number of halogens is 1. The summed E-state index contributed by atoms with van der Waals surface area (Å²) in [5.74, 6) is 0. The van der Waals surface area contributed by atoms with Crippen molar-refractivity contribution in [2.45, 2.75) is 16.4 Å². The van der Waals surface area contributed by atoms with Gasteiger partial charge in [0.25, 0.3) is 0 Å². The van der Waals surface area contributed by atoms with E-state index >= 15 is 0 Å². The molecule has 2 heterocycles. The molecule has 1 saturated heterocycles. The summed E-state index contributed by atoms with van der Waals surface area (Å²) in [6.07, 6.45) is 1.67. The maximum absolute atomic E-state index is 5.99. The first kappa shape index (κ1) is 10.2. The van der Waals surface area contributed by atoms with Gasteiger partial charge >= 0.3 is 0 Å². The summed E-state index contributed by atoms with van der Waals surface area (Å²) in [5, 5.41) is 1.78. The van der Waals surface area contributed by atoms with Crippen LogP contribution in [0.1, 0.15) is 0 Å². The fraction of sp³-hybridized carbons (Fsp3) is 0.375. The summed E-state index contributed by atoms with van der Waals surface area (Å²) in [6, 6.07) is 3.65.